The number of rotatable bonds is 8. The van der Waals surface area contributed by atoms with Crippen LogP contribution in [0.2, 0.25) is 0 Å². The number of ether oxygens (including phenoxy) is 1. The molecule has 0 amide bonds. The molecule has 1 unspecified atom stereocenters. The van der Waals surface area contributed by atoms with Crippen molar-refractivity contribution in [3.63, 3.8) is 0 Å². The van der Waals surface area contributed by atoms with Crippen molar-refractivity contribution >= 4 is 17.5 Å². The topological polar surface area (TPSA) is 78.0 Å². The largest absolute Gasteiger partial charge is 0.377 e. The predicted octanol–water partition coefficient (Wildman–Crippen LogP) is 3.42. The van der Waals surface area contributed by atoms with E-state index in [-0.39, 0.29) is 30.4 Å². The highest BCUT2D eigenvalue weighted by atomic mass is 16.5. The zero-order valence-corrected chi connectivity index (χ0v) is 17.8. The molecule has 7 nitrogen and oxygen atoms in total. The SMILES string of the molecule is COCc1nn(CC(=O)CC/C2=C/C=N\C=C3/CC3C2)c(=O)c2cc(C(C)C)cn12. The quantitative estimate of drug-likeness (QED) is 0.671. The maximum absolute atomic E-state index is 12.9. The first-order valence-electron chi connectivity index (χ1n) is 10.5. The van der Waals surface area contributed by atoms with Crippen LogP contribution in [0, 0.1) is 5.92 Å². The molecule has 1 atom stereocenters. The number of hydrogen-bond acceptors (Lipinski definition) is 5. The van der Waals surface area contributed by atoms with E-state index in [1.807, 2.05) is 24.5 Å². The number of fused-ring (bicyclic) bond motifs is 2. The third kappa shape index (κ3) is 4.36. The number of carbonyl (C=O) groups is 1. The number of ketones is 1. The lowest BCUT2D eigenvalue weighted by Crippen LogP contribution is -2.30. The van der Waals surface area contributed by atoms with Crippen molar-refractivity contribution in [3.05, 3.63) is 57.4 Å². The Labute approximate surface area is 175 Å². The Kier molecular flexibility index (Phi) is 5.81. The summed E-state index contributed by atoms with van der Waals surface area (Å²) in [4.78, 5) is 29.9. The van der Waals surface area contributed by atoms with Gasteiger partial charge in [-0.25, -0.2) is 4.68 Å². The molecule has 0 radical (unpaired) electrons. The smallest absolute Gasteiger partial charge is 0.291 e. The summed E-state index contributed by atoms with van der Waals surface area (Å²) in [6.45, 7) is 4.40. The lowest BCUT2D eigenvalue weighted by Gasteiger charge is -2.10. The van der Waals surface area contributed by atoms with Gasteiger partial charge in [-0.15, -0.1) is 0 Å². The fraction of sp³-hybridized carbons (Fsp3) is 0.478. The van der Waals surface area contributed by atoms with Gasteiger partial charge in [-0.2, -0.15) is 5.10 Å². The van der Waals surface area contributed by atoms with Gasteiger partial charge in [-0.1, -0.05) is 19.4 Å². The third-order valence-electron chi connectivity index (χ3n) is 5.79. The highest BCUT2D eigenvalue weighted by molar-refractivity contribution is 5.79. The first-order chi connectivity index (χ1) is 14.5. The molecule has 0 bridgehead atoms. The number of aromatic nitrogens is 3. The molecule has 0 N–H and O–H groups in total. The van der Waals surface area contributed by atoms with Crippen LogP contribution < -0.4 is 5.56 Å². The fourth-order valence-electron chi connectivity index (χ4n) is 3.87. The van der Waals surface area contributed by atoms with E-state index in [1.54, 1.807) is 17.7 Å². The summed E-state index contributed by atoms with van der Waals surface area (Å²) < 4.78 is 8.32. The molecule has 1 saturated carbocycles. The standard InChI is InChI=1S/C23H28N4O3/c1-15(2)19-10-21-23(29)27(25-22(14-30-3)26(21)12-19)13-20(28)5-4-16-6-7-24-11-18-9-17(18)8-16/h6-7,10-12,15,17H,4-5,8-9,13-14H2,1-3H3/b16-6-,18-11+,24-7-. The summed E-state index contributed by atoms with van der Waals surface area (Å²) in [5, 5.41) is 4.42. The van der Waals surface area contributed by atoms with E-state index >= 15 is 0 Å². The van der Waals surface area contributed by atoms with Crippen molar-refractivity contribution in [2.75, 3.05) is 7.11 Å². The van der Waals surface area contributed by atoms with E-state index in [2.05, 4.69) is 23.9 Å². The van der Waals surface area contributed by atoms with Gasteiger partial charge in [0, 0.05) is 32.1 Å². The number of methoxy groups -OCH3 is 1. The second kappa shape index (κ2) is 8.52. The Hall–Kier alpha value is -2.80. The van der Waals surface area contributed by atoms with Crippen LogP contribution in [0.3, 0.4) is 0 Å². The monoisotopic (exact) mass is 408 g/mol. The molecule has 7 heteroatoms. The van der Waals surface area contributed by atoms with Crippen LogP contribution in [-0.4, -0.2) is 33.3 Å². The van der Waals surface area contributed by atoms with Crippen LogP contribution in [-0.2, 0) is 22.7 Å². The van der Waals surface area contributed by atoms with E-state index in [4.69, 9.17) is 4.74 Å². The van der Waals surface area contributed by atoms with E-state index in [1.165, 1.54) is 15.8 Å². The number of allylic oxidation sites excluding steroid dienone is 3. The second-order valence-electron chi connectivity index (χ2n) is 8.47. The van der Waals surface area contributed by atoms with Gasteiger partial charge in [0.25, 0.3) is 5.56 Å². The molecule has 1 aliphatic carbocycles. The highest BCUT2D eigenvalue weighted by Gasteiger charge is 2.30. The van der Waals surface area contributed by atoms with Crippen molar-refractivity contribution in [1.82, 2.24) is 14.2 Å². The molecule has 2 aromatic heterocycles. The molecular weight excluding hydrogens is 380 g/mol. The summed E-state index contributed by atoms with van der Waals surface area (Å²) in [7, 11) is 1.59. The Morgan fingerprint density at radius 2 is 2.17 bits per heavy atom. The number of aliphatic imine (C=N–C) groups is 1. The van der Waals surface area contributed by atoms with Crippen molar-refractivity contribution in [2.24, 2.45) is 10.9 Å². The summed E-state index contributed by atoms with van der Waals surface area (Å²) in [6, 6.07) is 1.88. The minimum atomic E-state index is -0.250. The summed E-state index contributed by atoms with van der Waals surface area (Å²) in [5.41, 5.74) is 3.97. The Morgan fingerprint density at radius 1 is 1.33 bits per heavy atom. The van der Waals surface area contributed by atoms with E-state index < -0.39 is 0 Å². The third-order valence-corrected chi connectivity index (χ3v) is 5.79. The van der Waals surface area contributed by atoms with Crippen molar-refractivity contribution in [3.8, 4) is 0 Å². The van der Waals surface area contributed by atoms with Gasteiger partial charge in [-0.05, 0) is 54.4 Å². The predicted molar refractivity (Wildman–Crippen MR) is 116 cm³/mol. The van der Waals surface area contributed by atoms with Crippen molar-refractivity contribution in [1.29, 1.82) is 0 Å². The molecule has 2 aliphatic rings. The Morgan fingerprint density at radius 3 is 2.93 bits per heavy atom. The molecule has 0 spiro atoms. The van der Waals surface area contributed by atoms with Crippen LogP contribution in [0.4, 0.5) is 0 Å². The number of carbonyl (C=O) groups excluding carboxylic acids is 1. The molecular formula is C23H28N4O3. The van der Waals surface area contributed by atoms with Crippen LogP contribution in [0.1, 0.15) is 56.8 Å². The molecule has 1 aliphatic heterocycles. The normalized spacial score (nSPS) is 22.6. The summed E-state index contributed by atoms with van der Waals surface area (Å²) >= 11 is 0. The second-order valence-corrected chi connectivity index (χ2v) is 8.47. The average Bonchev–Trinajstić information content (AvgIpc) is 3.24. The zero-order valence-electron chi connectivity index (χ0n) is 17.8. The molecule has 2 aromatic rings. The minimum Gasteiger partial charge on any atom is -0.377 e. The molecule has 30 heavy (non-hydrogen) atoms. The molecule has 1 fully saturated rings. The van der Waals surface area contributed by atoms with E-state index in [0.29, 0.717) is 30.1 Å². The van der Waals surface area contributed by atoms with E-state index in [0.717, 1.165) is 18.4 Å². The van der Waals surface area contributed by atoms with Crippen molar-refractivity contribution in [2.45, 2.75) is 58.6 Å². The van der Waals surface area contributed by atoms with Gasteiger partial charge in [0.1, 0.15) is 18.7 Å². The Bertz CT molecular complexity index is 1120. The molecule has 158 valence electrons. The van der Waals surface area contributed by atoms with Gasteiger partial charge >= 0.3 is 0 Å². The minimum absolute atomic E-state index is 0.000540. The highest BCUT2D eigenvalue weighted by Crippen LogP contribution is 2.43. The van der Waals surface area contributed by atoms with Gasteiger partial charge in [-0.3, -0.25) is 19.0 Å². The molecule has 3 heterocycles. The fourth-order valence-corrected chi connectivity index (χ4v) is 3.87. The summed E-state index contributed by atoms with van der Waals surface area (Å²) in [6.07, 6.45) is 10.9. The summed E-state index contributed by atoms with van der Waals surface area (Å²) in [5.74, 6) is 1.49. The maximum Gasteiger partial charge on any atom is 0.291 e. The van der Waals surface area contributed by atoms with Gasteiger partial charge in [0.2, 0.25) is 0 Å². The lowest BCUT2D eigenvalue weighted by atomic mass is 10.0. The number of nitrogens with zero attached hydrogens (tertiary/aromatic N) is 4. The molecule has 4 rings (SSSR count). The first kappa shape index (κ1) is 20.5. The van der Waals surface area contributed by atoms with Crippen LogP contribution >= 0.6 is 0 Å². The molecule has 0 saturated heterocycles. The van der Waals surface area contributed by atoms with Gasteiger partial charge in [0.15, 0.2) is 11.6 Å². The van der Waals surface area contributed by atoms with Crippen LogP contribution in [0.5, 0.6) is 0 Å². The van der Waals surface area contributed by atoms with Gasteiger partial charge in [0.05, 0.1) is 0 Å². The van der Waals surface area contributed by atoms with Crippen molar-refractivity contribution < 1.29 is 9.53 Å². The zero-order chi connectivity index (χ0) is 21.3. The molecule has 0 aromatic carbocycles. The maximum atomic E-state index is 12.9. The van der Waals surface area contributed by atoms with E-state index in [9.17, 15) is 9.59 Å². The lowest BCUT2D eigenvalue weighted by molar-refractivity contribution is -0.119. The number of hydrogen-bond donors (Lipinski definition) is 0. The van der Waals surface area contributed by atoms with Crippen LogP contribution in [0.25, 0.3) is 5.52 Å². The Balaban J connectivity index is 1.50. The average molecular weight is 409 g/mol. The van der Waals surface area contributed by atoms with Crippen LogP contribution in [0.15, 0.2) is 45.5 Å². The first-order valence-corrected chi connectivity index (χ1v) is 10.5. The number of Topliss-reactive ketones (excluding diaryl/α,β-unsaturated/α-hetero) is 1. The van der Waals surface area contributed by atoms with Gasteiger partial charge < -0.3 is 4.74 Å².